The van der Waals surface area contributed by atoms with Gasteiger partial charge in [-0.05, 0) is 31.7 Å². The normalized spacial score (nSPS) is 23.0. The fraction of sp³-hybridized carbons (Fsp3) is 0.600. The van der Waals surface area contributed by atoms with Crippen molar-refractivity contribution in [3.05, 3.63) is 35.6 Å². The van der Waals surface area contributed by atoms with Crippen LogP contribution in [0.1, 0.15) is 31.2 Å². The van der Waals surface area contributed by atoms with Gasteiger partial charge in [-0.25, -0.2) is 4.39 Å². The number of piperidine rings is 1. The number of carbonyl (C=O) groups excluding carboxylic acids is 2. The summed E-state index contributed by atoms with van der Waals surface area (Å²) in [5.41, 5.74) is -0.150. The number of amides is 2. The molecule has 1 aromatic carbocycles. The Kier molecular flexibility index (Phi) is 4.69. The summed E-state index contributed by atoms with van der Waals surface area (Å²) in [4.78, 5) is 29.4. The first-order valence-corrected chi connectivity index (χ1v) is 9.53. The smallest absolute Gasteiger partial charge is 0.233 e. The Hall–Kier alpha value is -1.95. The summed E-state index contributed by atoms with van der Waals surface area (Å²) in [7, 11) is 0. The average molecular weight is 360 g/mol. The number of halogens is 1. The fourth-order valence-electron chi connectivity index (χ4n) is 4.25. The SMILES string of the molecule is O=C(C1CCN(C(=O)C2(c3ccccc3F)CC2)CC1)N1CCOCC1. The van der Waals surface area contributed by atoms with Crippen LogP contribution in [0.5, 0.6) is 0 Å². The number of carbonyl (C=O) groups is 2. The van der Waals surface area contributed by atoms with Crippen LogP contribution in [0.4, 0.5) is 4.39 Å². The third-order valence-corrected chi connectivity index (χ3v) is 6.00. The third-order valence-electron chi connectivity index (χ3n) is 6.00. The van der Waals surface area contributed by atoms with E-state index in [1.807, 2.05) is 9.80 Å². The minimum Gasteiger partial charge on any atom is -0.378 e. The highest BCUT2D eigenvalue weighted by atomic mass is 19.1. The maximum absolute atomic E-state index is 14.2. The van der Waals surface area contributed by atoms with Gasteiger partial charge in [0.1, 0.15) is 5.82 Å². The van der Waals surface area contributed by atoms with Gasteiger partial charge >= 0.3 is 0 Å². The van der Waals surface area contributed by atoms with E-state index in [9.17, 15) is 14.0 Å². The standard InChI is InChI=1S/C20H25FN2O3/c21-17-4-2-1-3-16(17)20(7-8-20)19(25)23-9-5-15(6-10-23)18(24)22-11-13-26-14-12-22/h1-4,15H,5-14H2. The van der Waals surface area contributed by atoms with Crippen molar-refractivity contribution in [2.75, 3.05) is 39.4 Å². The summed E-state index contributed by atoms with van der Waals surface area (Å²) in [6.07, 6.45) is 2.80. The Morgan fingerprint density at radius 1 is 1.00 bits per heavy atom. The molecule has 1 aliphatic carbocycles. The summed E-state index contributed by atoms with van der Waals surface area (Å²) in [6, 6.07) is 6.60. The maximum Gasteiger partial charge on any atom is 0.233 e. The van der Waals surface area contributed by atoms with Crippen molar-refractivity contribution in [1.82, 2.24) is 9.80 Å². The molecule has 1 aromatic rings. The fourth-order valence-corrected chi connectivity index (χ4v) is 4.25. The van der Waals surface area contributed by atoms with Gasteiger partial charge in [0, 0.05) is 37.7 Å². The van der Waals surface area contributed by atoms with Crippen molar-refractivity contribution in [2.24, 2.45) is 5.92 Å². The van der Waals surface area contributed by atoms with E-state index in [1.54, 1.807) is 18.2 Å². The summed E-state index contributed by atoms with van der Waals surface area (Å²) in [6.45, 7) is 3.69. The van der Waals surface area contributed by atoms with Crippen LogP contribution in [0.2, 0.25) is 0 Å². The van der Waals surface area contributed by atoms with Crippen molar-refractivity contribution in [3.8, 4) is 0 Å². The van der Waals surface area contributed by atoms with Gasteiger partial charge in [-0.3, -0.25) is 9.59 Å². The number of benzene rings is 1. The monoisotopic (exact) mass is 360 g/mol. The zero-order chi connectivity index (χ0) is 18.1. The van der Waals surface area contributed by atoms with Crippen LogP contribution in [0.15, 0.2) is 24.3 Å². The molecule has 0 N–H and O–H groups in total. The van der Waals surface area contributed by atoms with Crippen LogP contribution in [0.3, 0.4) is 0 Å². The number of nitrogens with zero attached hydrogens (tertiary/aromatic N) is 2. The summed E-state index contributed by atoms with van der Waals surface area (Å²) in [5.74, 6) is -0.0907. The summed E-state index contributed by atoms with van der Waals surface area (Å²) >= 11 is 0. The molecule has 3 fully saturated rings. The molecule has 2 amide bonds. The van der Waals surface area contributed by atoms with Crippen molar-refractivity contribution < 1.29 is 18.7 Å². The molecule has 0 radical (unpaired) electrons. The molecule has 2 aliphatic heterocycles. The Labute approximate surface area is 153 Å². The minimum absolute atomic E-state index is 0.0132. The van der Waals surface area contributed by atoms with Crippen LogP contribution in [0.25, 0.3) is 0 Å². The predicted octanol–water partition coefficient (Wildman–Crippen LogP) is 1.95. The summed E-state index contributed by atoms with van der Waals surface area (Å²) in [5, 5.41) is 0. The molecule has 3 aliphatic rings. The van der Waals surface area contributed by atoms with E-state index in [1.165, 1.54) is 6.07 Å². The molecule has 0 aromatic heterocycles. The topological polar surface area (TPSA) is 49.9 Å². The molecule has 1 saturated carbocycles. The van der Waals surface area contributed by atoms with Gasteiger partial charge in [-0.2, -0.15) is 0 Å². The maximum atomic E-state index is 14.2. The lowest BCUT2D eigenvalue weighted by Gasteiger charge is -2.37. The molecule has 4 rings (SSSR count). The molecule has 0 spiro atoms. The van der Waals surface area contributed by atoms with E-state index in [0.29, 0.717) is 70.6 Å². The molecular formula is C20H25FN2O3. The molecule has 2 heterocycles. The van der Waals surface area contributed by atoms with Gasteiger partial charge in [0.15, 0.2) is 0 Å². The molecule has 0 unspecified atom stereocenters. The molecule has 5 nitrogen and oxygen atoms in total. The lowest BCUT2D eigenvalue weighted by atomic mass is 9.90. The van der Waals surface area contributed by atoms with E-state index in [2.05, 4.69) is 0 Å². The molecule has 26 heavy (non-hydrogen) atoms. The van der Waals surface area contributed by atoms with E-state index in [0.717, 1.165) is 0 Å². The zero-order valence-electron chi connectivity index (χ0n) is 15.0. The van der Waals surface area contributed by atoms with Gasteiger partial charge in [0.05, 0.1) is 18.6 Å². The number of morpholine rings is 1. The van der Waals surface area contributed by atoms with Crippen LogP contribution >= 0.6 is 0 Å². The molecule has 140 valence electrons. The third kappa shape index (κ3) is 3.11. The Bertz CT molecular complexity index is 690. The number of ether oxygens (including phenoxy) is 1. The molecule has 0 bridgehead atoms. The van der Waals surface area contributed by atoms with Crippen LogP contribution in [0, 0.1) is 11.7 Å². The van der Waals surface area contributed by atoms with Crippen molar-refractivity contribution >= 4 is 11.8 Å². The van der Waals surface area contributed by atoms with Crippen molar-refractivity contribution in [3.63, 3.8) is 0 Å². The Balaban J connectivity index is 1.38. The first-order valence-electron chi connectivity index (χ1n) is 9.53. The van der Waals surface area contributed by atoms with Gasteiger partial charge in [0.2, 0.25) is 11.8 Å². The largest absolute Gasteiger partial charge is 0.378 e. The van der Waals surface area contributed by atoms with Crippen LogP contribution in [-0.2, 0) is 19.7 Å². The number of likely N-dealkylation sites (tertiary alicyclic amines) is 1. The molecule has 6 heteroatoms. The highest BCUT2D eigenvalue weighted by molar-refractivity contribution is 5.91. The van der Waals surface area contributed by atoms with Gasteiger partial charge in [-0.1, -0.05) is 18.2 Å². The quantitative estimate of drug-likeness (QED) is 0.828. The van der Waals surface area contributed by atoms with E-state index < -0.39 is 5.41 Å². The molecule has 2 saturated heterocycles. The van der Waals surface area contributed by atoms with E-state index in [4.69, 9.17) is 4.74 Å². The number of hydrogen-bond acceptors (Lipinski definition) is 3. The van der Waals surface area contributed by atoms with Gasteiger partial charge < -0.3 is 14.5 Å². The number of rotatable bonds is 3. The average Bonchev–Trinajstić information content (AvgIpc) is 3.50. The van der Waals surface area contributed by atoms with Crippen molar-refractivity contribution in [2.45, 2.75) is 31.1 Å². The zero-order valence-corrected chi connectivity index (χ0v) is 15.0. The molecule has 0 atom stereocenters. The van der Waals surface area contributed by atoms with Gasteiger partial charge in [0.25, 0.3) is 0 Å². The highest BCUT2D eigenvalue weighted by Gasteiger charge is 2.54. The predicted molar refractivity (Wildman–Crippen MR) is 94.0 cm³/mol. The molecular weight excluding hydrogens is 335 g/mol. The van der Waals surface area contributed by atoms with Crippen molar-refractivity contribution in [1.29, 1.82) is 0 Å². The summed E-state index contributed by atoms with van der Waals surface area (Å²) < 4.78 is 19.5. The van der Waals surface area contributed by atoms with Gasteiger partial charge in [-0.15, -0.1) is 0 Å². The first-order chi connectivity index (χ1) is 12.6. The highest BCUT2D eigenvalue weighted by Crippen LogP contribution is 2.50. The lowest BCUT2D eigenvalue weighted by molar-refractivity contribution is -0.144. The van der Waals surface area contributed by atoms with E-state index >= 15 is 0 Å². The second kappa shape index (κ2) is 6.99. The minimum atomic E-state index is -0.674. The second-order valence-electron chi connectivity index (χ2n) is 7.57. The van der Waals surface area contributed by atoms with E-state index in [-0.39, 0.29) is 23.5 Å². The second-order valence-corrected chi connectivity index (χ2v) is 7.57. The number of hydrogen-bond donors (Lipinski definition) is 0. The Morgan fingerprint density at radius 3 is 2.27 bits per heavy atom. The first kappa shape index (κ1) is 17.5. The van der Waals surface area contributed by atoms with Crippen LogP contribution < -0.4 is 0 Å². The lowest BCUT2D eigenvalue weighted by Crippen LogP contribution is -2.49. The van der Waals surface area contributed by atoms with Crippen LogP contribution in [-0.4, -0.2) is 61.0 Å². The Morgan fingerprint density at radius 2 is 1.65 bits per heavy atom.